The number of unbranched alkanes of at least 4 members (excludes halogenated alkanes) is 1. The van der Waals surface area contributed by atoms with Crippen molar-refractivity contribution in [3.63, 3.8) is 0 Å². The number of carbonyl (C=O) groups excluding carboxylic acids is 2. The van der Waals surface area contributed by atoms with Crippen molar-refractivity contribution in [3.05, 3.63) is 65.2 Å². The second kappa shape index (κ2) is 10.0. The summed E-state index contributed by atoms with van der Waals surface area (Å²) in [6, 6.07) is 14.4. The zero-order valence-corrected chi connectivity index (χ0v) is 17.7. The van der Waals surface area contributed by atoms with Crippen molar-refractivity contribution in [2.75, 3.05) is 11.4 Å². The Balaban J connectivity index is 1.63. The Labute approximate surface area is 184 Å². The van der Waals surface area contributed by atoms with E-state index >= 15 is 0 Å². The van der Waals surface area contributed by atoms with Gasteiger partial charge in [0.25, 0.3) is 5.91 Å². The van der Waals surface area contributed by atoms with Crippen LogP contribution in [0.2, 0.25) is 0 Å². The zero-order valence-electron chi connectivity index (χ0n) is 17.7. The molecule has 32 heavy (non-hydrogen) atoms. The highest BCUT2D eigenvalue weighted by Crippen LogP contribution is 2.28. The molecule has 3 rings (SSSR count). The van der Waals surface area contributed by atoms with Gasteiger partial charge < -0.3 is 15.3 Å². The van der Waals surface area contributed by atoms with Crippen LogP contribution in [-0.2, 0) is 24.4 Å². The van der Waals surface area contributed by atoms with E-state index in [1.54, 1.807) is 23.1 Å². The van der Waals surface area contributed by atoms with Gasteiger partial charge in [0.15, 0.2) is 0 Å². The largest absolute Gasteiger partial charge is 0.423 e. The summed E-state index contributed by atoms with van der Waals surface area (Å²) in [5.41, 5.74) is 2.98. The van der Waals surface area contributed by atoms with Crippen molar-refractivity contribution in [1.82, 2.24) is 10.2 Å². The second-order valence-electron chi connectivity index (χ2n) is 7.74. The molecule has 0 bridgehead atoms. The third-order valence-corrected chi connectivity index (χ3v) is 5.34. The summed E-state index contributed by atoms with van der Waals surface area (Å²) < 4.78 is 37.9. The molecular weight excluding hydrogens is 423 g/mol. The number of halogens is 3. The van der Waals surface area contributed by atoms with Crippen LogP contribution in [0.15, 0.2) is 48.5 Å². The van der Waals surface area contributed by atoms with Crippen LogP contribution in [0.4, 0.5) is 23.7 Å². The van der Waals surface area contributed by atoms with Crippen molar-refractivity contribution in [2.45, 2.75) is 51.7 Å². The minimum Gasteiger partial charge on any atom is -0.376 e. The van der Waals surface area contributed by atoms with Gasteiger partial charge in [0.05, 0.1) is 0 Å². The van der Waals surface area contributed by atoms with Gasteiger partial charge in [-0.2, -0.15) is 13.2 Å². The fourth-order valence-electron chi connectivity index (χ4n) is 3.57. The molecule has 2 aromatic rings. The molecule has 2 aromatic carbocycles. The molecule has 0 fully saturated rings. The molecule has 0 saturated heterocycles. The molecule has 0 spiro atoms. The fraction of sp³-hybridized carbons (Fsp3) is 0.391. The van der Waals surface area contributed by atoms with Gasteiger partial charge in [-0.3, -0.25) is 9.69 Å². The molecule has 2 N–H and O–H groups in total. The van der Waals surface area contributed by atoms with Gasteiger partial charge >= 0.3 is 12.2 Å². The Morgan fingerprint density at radius 2 is 1.81 bits per heavy atom. The lowest BCUT2D eigenvalue weighted by atomic mass is 10.1. The quantitative estimate of drug-likeness (QED) is 0.672. The standard InChI is InChI=1S/C23H26F3N3O3/c1-2-3-11-29(19-7-5-4-6-8-19)22(32)27-13-16-9-10-17-14-28(15-18(17)12-16)21(31)20(30)23(24,25)26/h4-10,12,20,30H,2-3,11,13-15H2,1H3,(H,27,32)/t20-/m0/s1. The third kappa shape index (κ3) is 5.59. The van der Waals surface area contributed by atoms with E-state index in [1.165, 1.54) is 0 Å². The van der Waals surface area contributed by atoms with Crippen molar-refractivity contribution >= 4 is 17.6 Å². The van der Waals surface area contributed by atoms with Crippen molar-refractivity contribution in [3.8, 4) is 0 Å². The van der Waals surface area contributed by atoms with Crippen LogP contribution in [0.3, 0.4) is 0 Å². The number of anilines is 1. The number of alkyl halides is 3. The van der Waals surface area contributed by atoms with Crippen LogP contribution in [0.1, 0.15) is 36.5 Å². The van der Waals surface area contributed by atoms with Crippen molar-refractivity contribution < 1.29 is 27.9 Å². The molecule has 9 heteroatoms. The van der Waals surface area contributed by atoms with E-state index in [0.29, 0.717) is 12.1 Å². The molecule has 1 aliphatic rings. The van der Waals surface area contributed by atoms with E-state index in [0.717, 1.165) is 34.6 Å². The maximum atomic E-state index is 12.8. The van der Waals surface area contributed by atoms with Gasteiger partial charge in [0.2, 0.25) is 6.10 Å². The summed E-state index contributed by atoms with van der Waals surface area (Å²) in [5, 5.41) is 12.1. The van der Waals surface area contributed by atoms with Gasteiger partial charge in [-0.05, 0) is 35.2 Å². The van der Waals surface area contributed by atoms with Crippen LogP contribution >= 0.6 is 0 Å². The number of hydrogen-bond donors (Lipinski definition) is 2. The van der Waals surface area contributed by atoms with E-state index in [2.05, 4.69) is 5.32 Å². The monoisotopic (exact) mass is 449 g/mol. The predicted molar refractivity (Wildman–Crippen MR) is 114 cm³/mol. The number of urea groups is 1. The average Bonchev–Trinajstić information content (AvgIpc) is 3.20. The summed E-state index contributed by atoms with van der Waals surface area (Å²) >= 11 is 0. The van der Waals surface area contributed by atoms with Gasteiger partial charge in [-0.1, -0.05) is 49.7 Å². The number of nitrogens with zero attached hydrogens (tertiary/aromatic N) is 2. The Morgan fingerprint density at radius 1 is 1.12 bits per heavy atom. The SMILES string of the molecule is CCCCN(C(=O)NCc1ccc2c(c1)CN(C(=O)[C@H](O)C(F)(F)F)C2)c1ccccc1. The smallest absolute Gasteiger partial charge is 0.376 e. The maximum absolute atomic E-state index is 12.8. The summed E-state index contributed by atoms with van der Waals surface area (Å²) in [4.78, 5) is 27.4. The van der Waals surface area contributed by atoms with Gasteiger partial charge in [0, 0.05) is 31.9 Å². The lowest BCUT2D eigenvalue weighted by molar-refractivity contribution is -0.211. The number of aliphatic hydroxyl groups excluding tert-OH is 1. The molecule has 0 unspecified atom stereocenters. The Hall–Kier alpha value is -3.07. The number of para-hydroxylation sites is 1. The van der Waals surface area contributed by atoms with Crippen molar-refractivity contribution in [1.29, 1.82) is 0 Å². The third-order valence-electron chi connectivity index (χ3n) is 5.34. The van der Waals surface area contributed by atoms with Crippen LogP contribution in [0, 0.1) is 0 Å². The summed E-state index contributed by atoms with van der Waals surface area (Å²) in [5.74, 6) is -1.36. The molecular formula is C23H26F3N3O3. The van der Waals surface area contributed by atoms with Gasteiger partial charge in [0.1, 0.15) is 0 Å². The number of rotatable bonds is 7. The topological polar surface area (TPSA) is 72.9 Å². The van der Waals surface area contributed by atoms with E-state index in [4.69, 9.17) is 0 Å². The van der Waals surface area contributed by atoms with E-state index in [1.807, 2.05) is 37.3 Å². The molecule has 0 radical (unpaired) electrons. The predicted octanol–water partition coefficient (Wildman–Crippen LogP) is 3.97. The van der Waals surface area contributed by atoms with E-state index in [9.17, 15) is 27.9 Å². The molecule has 0 aromatic heterocycles. The Bertz CT molecular complexity index is 950. The lowest BCUT2D eigenvalue weighted by Gasteiger charge is -2.23. The lowest BCUT2D eigenvalue weighted by Crippen LogP contribution is -2.44. The minimum atomic E-state index is -5.00. The highest BCUT2D eigenvalue weighted by atomic mass is 19.4. The number of benzene rings is 2. The molecule has 0 saturated carbocycles. The molecule has 0 aliphatic carbocycles. The fourth-order valence-corrected chi connectivity index (χ4v) is 3.57. The number of fused-ring (bicyclic) bond motifs is 1. The van der Waals surface area contributed by atoms with Crippen LogP contribution in [0.25, 0.3) is 0 Å². The number of aliphatic hydroxyl groups is 1. The highest BCUT2D eigenvalue weighted by Gasteiger charge is 2.46. The van der Waals surface area contributed by atoms with Gasteiger partial charge in [-0.25, -0.2) is 4.79 Å². The molecule has 6 nitrogen and oxygen atoms in total. The molecule has 172 valence electrons. The zero-order chi connectivity index (χ0) is 23.3. The summed E-state index contributed by atoms with van der Waals surface area (Å²) in [6.07, 6.45) is -6.22. The Kier molecular flexibility index (Phi) is 7.40. The first-order chi connectivity index (χ1) is 15.2. The second-order valence-corrected chi connectivity index (χ2v) is 7.74. The Morgan fingerprint density at radius 3 is 2.47 bits per heavy atom. The van der Waals surface area contributed by atoms with Crippen LogP contribution in [-0.4, -0.2) is 40.8 Å². The van der Waals surface area contributed by atoms with Crippen LogP contribution in [0.5, 0.6) is 0 Å². The maximum Gasteiger partial charge on any atom is 0.423 e. The minimum absolute atomic E-state index is 0.00669. The first-order valence-electron chi connectivity index (χ1n) is 10.5. The normalized spacial score (nSPS) is 14.1. The summed E-state index contributed by atoms with van der Waals surface area (Å²) in [6.45, 7) is 2.85. The van der Waals surface area contributed by atoms with E-state index < -0.39 is 18.2 Å². The number of amides is 3. The van der Waals surface area contributed by atoms with Crippen molar-refractivity contribution in [2.24, 2.45) is 0 Å². The average molecular weight is 449 g/mol. The summed E-state index contributed by atoms with van der Waals surface area (Å²) in [7, 11) is 0. The first kappa shape index (κ1) is 23.6. The number of carbonyl (C=O) groups is 2. The van der Waals surface area contributed by atoms with Crippen LogP contribution < -0.4 is 10.2 Å². The molecule has 3 amide bonds. The molecule has 1 heterocycles. The first-order valence-corrected chi connectivity index (χ1v) is 10.5. The molecule has 1 atom stereocenters. The highest BCUT2D eigenvalue weighted by molar-refractivity contribution is 5.91. The van der Waals surface area contributed by atoms with Gasteiger partial charge in [-0.15, -0.1) is 0 Å². The number of hydrogen-bond acceptors (Lipinski definition) is 3. The number of nitrogens with one attached hydrogen (secondary N) is 1. The molecule has 1 aliphatic heterocycles. The van der Waals surface area contributed by atoms with E-state index in [-0.39, 0.29) is 25.7 Å².